The van der Waals surface area contributed by atoms with E-state index in [2.05, 4.69) is 29.4 Å². The highest BCUT2D eigenvalue weighted by atomic mass is 16.5. The summed E-state index contributed by atoms with van der Waals surface area (Å²) in [6.07, 6.45) is 2.50. The fourth-order valence-corrected chi connectivity index (χ4v) is 2.58. The molecule has 0 bridgehead atoms. The van der Waals surface area contributed by atoms with Gasteiger partial charge in [0.2, 0.25) is 0 Å². The molecule has 3 heterocycles. The Hall–Kier alpha value is -1.13. The van der Waals surface area contributed by atoms with Gasteiger partial charge in [0, 0.05) is 25.2 Å². The first-order valence-electron chi connectivity index (χ1n) is 6.34. The number of nitrogens with zero attached hydrogens (tertiary/aromatic N) is 2. The molecular weight excluding hydrogens is 214 g/mol. The normalized spacial score (nSPS) is 23.5. The molecule has 1 atom stereocenters. The number of likely N-dealkylation sites (N-methyl/N-ethyl adjacent to an activating group) is 1. The third-order valence-corrected chi connectivity index (χ3v) is 3.73. The summed E-state index contributed by atoms with van der Waals surface area (Å²) in [7, 11) is 2.14. The molecule has 4 nitrogen and oxygen atoms in total. The van der Waals surface area contributed by atoms with Crippen molar-refractivity contribution >= 4 is 5.82 Å². The number of piperidine rings is 1. The van der Waals surface area contributed by atoms with Crippen LogP contribution in [0, 0.1) is 0 Å². The summed E-state index contributed by atoms with van der Waals surface area (Å²) >= 11 is 0. The largest absolute Gasteiger partial charge is 0.370 e. The van der Waals surface area contributed by atoms with Gasteiger partial charge in [-0.3, -0.25) is 0 Å². The Labute approximate surface area is 102 Å². The molecule has 3 rings (SSSR count). The Balaban J connectivity index is 1.78. The van der Waals surface area contributed by atoms with Crippen LogP contribution in [0.25, 0.3) is 0 Å². The third-order valence-electron chi connectivity index (χ3n) is 3.73. The molecule has 92 valence electrons. The Bertz CT molecular complexity index is 402. The van der Waals surface area contributed by atoms with E-state index >= 15 is 0 Å². The smallest absolute Gasteiger partial charge is 0.128 e. The van der Waals surface area contributed by atoms with Crippen LogP contribution in [0.15, 0.2) is 12.1 Å². The second-order valence-electron chi connectivity index (χ2n) is 4.88. The first-order valence-corrected chi connectivity index (χ1v) is 6.34. The summed E-state index contributed by atoms with van der Waals surface area (Å²) in [5, 5.41) is 3.44. The SMILES string of the molecule is CN(c1ccc2c(n1)COC2)C1CCCNC1. The fraction of sp³-hybridized carbons (Fsp3) is 0.615. The lowest BCUT2D eigenvalue weighted by Crippen LogP contribution is -2.44. The molecule has 1 aromatic rings. The highest BCUT2D eigenvalue weighted by Crippen LogP contribution is 2.23. The second-order valence-corrected chi connectivity index (χ2v) is 4.88. The van der Waals surface area contributed by atoms with Crippen molar-refractivity contribution in [3.05, 3.63) is 23.4 Å². The number of rotatable bonds is 2. The van der Waals surface area contributed by atoms with Gasteiger partial charge in [0.05, 0.1) is 18.9 Å². The maximum absolute atomic E-state index is 5.40. The van der Waals surface area contributed by atoms with Crippen LogP contribution >= 0.6 is 0 Å². The van der Waals surface area contributed by atoms with Crippen LogP contribution < -0.4 is 10.2 Å². The second kappa shape index (κ2) is 4.63. The van der Waals surface area contributed by atoms with Crippen molar-refractivity contribution in [3.8, 4) is 0 Å². The van der Waals surface area contributed by atoms with E-state index in [1.165, 1.54) is 18.4 Å². The number of anilines is 1. The molecule has 0 aliphatic carbocycles. The van der Waals surface area contributed by atoms with Crippen molar-refractivity contribution in [1.82, 2.24) is 10.3 Å². The summed E-state index contributed by atoms with van der Waals surface area (Å²) in [4.78, 5) is 7.00. The first kappa shape index (κ1) is 11.0. The number of pyridine rings is 1. The van der Waals surface area contributed by atoms with Crippen LogP contribution in [0.1, 0.15) is 24.1 Å². The van der Waals surface area contributed by atoms with Crippen LogP contribution in [-0.2, 0) is 18.0 Å². The Kier molecular flexibility index (Phi) is 2.99. The number of fused-ring (bicyclic) bond motifs is 1. The lowest BCUT2D eigenvalue weighted by atomic mass is 10.1. The van der Waals surface area contributed by atoms with E-state index in [0.717, 1.165) is 31.2 Å². The molecule has 0 amide bonds. The van der Waals surface area contributed by atoms with Gasteiger partial charge < -0.3 is 15.0 Å². The zero-order chi connectivity index (χ0) is 11.7. The molecular formula is C13H19N3O. The van der Waals surface area contributed by atoms with Crippen LogP contribution in [0.5, 0.6) is 0 Å². The highest BCUT2D eigenvalue weighted by Gasteiger charge is 2.20. The van der Waals surface area contributed by atoms with Gasteiger partial charge in [-0.25, -0.2) is 4.98 Å². The standard InChI is InChI=1S/C13H19N3O/c1-16(11-3-2-6-14-7-11)13-5-4-10-8-17-9-12(10)15-13/h4-5,11,14H,2-3,6-9H2,1H3. The minimum atomic E-state index is 0.566. The van der Waals surface area contributed by atoms with Gasteiger partial charge in [0.25, 0.3) is 0 Å². The van der Waals surface area contributed by atoms with Crippen molar-refractivity contribution in [2.45, 2.75) is 32.1 Å². The van der Waals surface area contributed by atoms with Crippen LogP contribution in [0.3, 0.4) is 0 Å². The van der Waals surface area contributed by atoms with E-state index in [9.17, 15) is 0 Å². The van der Waals surface area contributed by atoms with E-state index in [4.69, 9.17) is 9.72 Å². The number of hydrogen-bond donors (Lipinski definition) is 1. The molecule has 2 aliphatic heterocycles. The van der Waals surface area contributed by atoms with Crippen molar-refractivity contribution in [3.63, 3.8) is 0 Å². The molecule has 1 unspecified atom stereocenters. The van der Waals surface area contributed by atoms with E-state index < -0.39 is 0 Å². The Morgan fingerprint density at radius 1 is 1.41 bits per heavy atom. The zero-order valence-corrected chi connectivity index (χ0v) is 10.3. The average molecular weight is 233 g/mol. The zero-order valence-electron chi connectivity index (χ0n) is 10.3. The van der Waals surface area contributed by atoms with E-state index in [1.807, 2.05) is 0 Å². The van der Waals surface area contributed by atoms with E-state index in [-0.39, 0.29) is 0 Å². The molecule has 2 aliphatic rings. The van der Waals surface area contributed by atoms with Gasteiger partial charge >= 0.3 is 0 Å². The molecule has 0 radical (unpaired) electrons. The summed E-state index contributed by atoms with van der Waals surface area (Å²) in [5.74, 6) is 1.07. The van der Waals surface area contributed by atoms with Crippen molar-refractivity contribution in [2.24, 2.45) is 0 Å². The molecule has 4 heteroatoms. The van der Waals surface area contributed by atoms with Gasteiger partial charge in [0.1, 0.15) is 5.82 Å². The Morgan fingerprint density at radius 2 is 2.35 bits per heavy atom. The van der Waals surface area contributed by atoms with Crippen molar-refractivity contribution in [2.75, 3.05) is 25.0 Å². The minimum Gasteiger partial charge on any atom is -0.370 e. The first-order chi connectivity index (χ1) is 8.34. The predicted molar refractivity (Wildman–Crippen MR) is 67.0 cm³/mol. The lowest BCUT2D eigenvalue weighted by Gasteiger charge is -2.32. The molecule has 0 aromatic carbocycles. The number of ether oxygens (including phenoxy) is 1. The molecule has 1 N–H and O–H groups in total. The van der Waals surface area contributed by atoms with Gasteiger partial charge in [-0.15, -0.1) is 0 Å². The third kappa shape index (κ3) is 2.15. The van der Waals surface area contributed by atoms with E-state index in [0.29, 0.717) is 12.6 Å². The minimum absolute atomic E-state index is 0.566. The van der Waals surface area contributed by atoms with E-state index in [1.54, 1.807) is 0 Å². The fourth-order valence-electron chi connectivity index (χ4n) is 2.58. The number of aromatic nitrogens is 1. The average Bonchev–Trinajstić information content (AvgIpc) is 2.86. The van der Waals surface area contributed by atoms with Crippen LogP contribution in [-0.4, -0.2) is 31.2 Å². The van der Waals surface area contributed by atoms with Crippen LogP contribution in [0.2, 0.25) is 0 Å². The topological polar surface area (TPSA) is 37.4 Å². The summed E-state index contributed by atoms with van der Waals surface area (Å²) < 4.78 is 5.40. The number of nitrogens with one attached hydrogen (secondary N) is 1. The quantitative estimate of drug-likeness (QED) is 0.835. The predicted octanol–water partition coefficient (Wildman–Crippen LogP) is 1.30. The highest BCUT2D eigenvalue weighted by molar-refractivity contribution is 5.42. The number of hydrogen-bond acceptors (Lipinski definition) is 4. The maximum atomic E-state index is 5.40. The molecule has 0 spiro atoms. The maximum Gasteiger partial charge on any atom is 0.128 e. The lowest BCUT2D eigenvalue weighted by molar-refractivity contribution is 0.133. The molecule has 1 saturated heterocycles. The van der Waals surface area contributed by atoms with Gasteiger partial charge in [-0.2, -0.15) is 0 Å². The molecule has 0 saturated carbocycles. The Morgan fingerprint density at radius 3 is 3.18 bits per heavy atom. The van der Waals surface area contributed by atoms with Gasteiger partial charge in [-0.1, -0.05) is 6.07 Å². The van der Waals surface area contributed by atoms with Crippen LogP contribution in [0.4, 0.5) is 5.82 Å². The summed E-state index contributed by atoms with van der Waals surface area (Å²) in [6, 6.07) is 4.83. The summed E-state index contributed by atoms with van der Waals surface area (Å²) in [5.41, 5.74) is 2.35. The monoisotopic (exact) mass is 233 g/mol. The van der Waals surface area contributed by atoms with Gasteiger partial charge in [0.15, 0.2) is 0 Å². The molecule has 17 heavy (non-hydrogen) atoms. The molecule has 1 fully saturated rings. The van der Waals surface area contributed by atoms with Crippen molar-refractivity contribution in [1.29, 1.82) is 0 Å². The van der Waals surface area contributed by atoms with Crippen molar-refractivity contribution < 1.29 is 4.74 Å². The van der Waals surface area contributed by atoms with Gasteiger partial charge in [-0.05, 0) is 25.5 Å². The molecule has 1 aromatic heterocycles. The summed E-state index contributed by atoms with van der Waals surface area (Å²) in [6.45, 7) is 3.60.